The molecule has 0 bridgehead atoms. The van der Waals surface area contributed by atoms with Gasteiger partial charge < -0.3 is 8.98 Å². The van der Waals surface area contributed by atoms with Gasteiger partial charge in [-0.3, -0.25) is 0 Å². The summed E-state index contributed by atoms with van der Waals surface area (Å²) in [5, 5.41) is 9.73. The Labute approximate surface area is 400 Å². The van der Waals surface area contributed by atoms with Gasteiger partial charge in [-0.2, -0.15) is 0 Å². The third-order valence-electron chi connectivity index (χ3n) is 13.6. The quantitative estimate of drug-likeness (QED) is 0.107. The zero-order chi connectivity index (χ0) is 45.7. The highest BCUT2D eigenvalue weighted by Crippen LogP contribution is 2.38. The Morgan fingerprint density at radius 2 is 0.783 bits per heavy atom. The van der Waals surface area contributed by atoms with E-state index in [0.717, 1.165) is 66.5 Å². The van der Waals surface area contributed by atoms with Gasteiger partial charge in [-0.05, 0) is 56.6 Å². The van der Waals surface area contributed by atoms with Crippen molar-refractivity contribution in [2.45, 2.75) is 0 Å². The Kier molecular flexibility index (Phi) is 9.77. The van der Waals surface area contributed by atoms with E-state index in [1.54, 1.807) is 0 Å². The van der Waals surface area contributed by atoms with E-state index >= 15 is 0 Å². The standard InChI is InChI=1S/C63H42N4OSi/c1-4-21-46(22-5-1)69(47-23-6-2-7-24-47,48-25-8-3-9-26-48)49-27-18-20-45(42-49)62-64-61(44-40-38-43(39-41-44)50-32-19-33-54-53-30-13-17-37-59(53)68-60(50)54)65-63(66-62)55-31-12-16-36-58(55)67-56-34-14-10-28-51(56)52-29-11-15-35-57(52)67/h1-42H. The average Bonchev–Trinajstić information content (AvgIpc) is 3.98. The van der Waals surface area contributed by atoms with Crippen LogP contribution in [0, 0.1) is 0 Å². The minimum Gasteiger partial charge on any atom is -0.455 e. The van der Waals surface area contributed by atoms with Crippen LogP contribution < -0.4 is 20.7 Å². The van der Waals surface area contributed by atoms with Crippen molar-refractivity contribution in [1.29, 1.82) is 0 Å². The zero-order valence-electron chi connectivity index (χ0n) is 37.4. The van der Waals surface area contributed by atoms with Crippen LogP contribution in [0.1, 0.15) is 0 Å². The molecule has 3 aromatic heterocycles. The molecule has 6 heteroatoms. The largest absolute Gasteiger partial charge is 0.455 e. The number of rotatable bonds is 9. The Hall–Kier alpha value is -8.97. The molecule has 5 nitrogen and oxygen atoms in total. The van der Waals surface area contributed by atoms with Crippen molar-refractivity contribution in [3.8, 4) is 51.0 Å². The summed E-state index contributed by atoms with van der Waals surface area (Å²) in [6.07, 6.45) is 0. The molecule has 0 saturated heterocycles. The third kappa shape index (κ3) is 6.72. The molecule has 0 radical (unpaired) electrons. The summed E-state index contributed by atoms with van der Waals surface area (Å²) in [4.78, 5) is 16.2. The molecule has 0 atom stereocenters. The van der Waals surface area contributed by atoms with Gasteiger partial charge in [-0.15, -0.1) is 0 Å². The second kappa shape index (κ2) is 16.7. The lowest BCUT2D eigenvalue weighted by Gasteiger charge is -2.34. The first-order valence-electron chi connectivity index (χ1n) is 23.3. The van der Waals surface area contributed by atoms with Crippen LogP contribution in [0.25, 0.3) is 94.7 Å². The Balaban J connectivity index is 1.02. The zero-order valence-corrected chi connectivity index (χ0v) is 38.4. The highest BCUT2D eigenvalue weighted by Gasteiger charge is 2.41. The van der Waals surface area contributed by atoms with E-state index in [9.17, 15) is 0 Å². The van der Waals surface area contributed by atoms with Crippen molar-refractivity contribution in [3.05, 3.63) is 255 Å². The summed E-state index contributed by atoms with van der Waals surface area (Å²) >= 11 is 0. The molecule has 0 aliphatic rings. The Bertz CT molecular complexity index is 3860. The molecule has 13 aromatic rings. The van der Waals surface area contributed by atoms with E-state index < -0.39 is 8.07 Å². The van der Waals surface area contributed by atoms with Crippen LogP contribution in [-0.4, -0.2) is 27.6 Å². The van der Waals surface area contributed by atoms with Crippen LogP contribution in [-0.2, 0) is 0 Å². The predicted molar refractivity (Wildman–Crippen MR) is 287 cm³/mol. The van der Waals surface area contributed by atoms with Crippen molar-refractivity contribution >= 4 is 72.6 Å². The fourth-order valence-electron chi connectivity index (χ4n) is 10.5. The minimum atomic E-state index is -2.87. The van der Waals surface area contributed by atoms with E-state index in [0.29, 0.717) is 17.5 Å². The highest BCUT2D eigenvalue weighted by atomic mass is 28.3. The fourth-order valence-corrected chi connectivity index (χ4v) is 15.3. The van der Waals surface area contributed by atoms with Crippen LogP contribution in [0.2, 0.25) is 0 Å². The lowest BCUT2D eigenvalue weighted by molar-refractivity contribution is 0.670. The molecule has 3 heterocycles. The minimum absolute atomic E-state index is 0.587. The predicted octanol–water partition coefficient (Wildman–Crippen LogP) is 12.9. The first kappa shape index (κ1) is 40.3. The molecule has 0 N–H and O–H groups in total. The second-order valence-electron chi connectivity index (χ2n) is 17.5. The maximum Gasteiger partial charge on any atom is 0.179 e. The number of para-hydroxylation sites is 5. The van der Waals surface area contributed by atoms with Crippen LogP contribution in [0.15, 0.2) is 259 Å². The smallest absolute Gasteiger partial charge is 0.179 e. The summed E-state index contributed by atoms with van der Waals surface area (Å²) in [7, 11) is -2.87. The summed E-state index contributed by atoms with van der Waals surface area (Å²) in [6, 6.07) is 90.8. The molecule has 13 rings (SSSR count). The van der Waals surface area contributed by atoms with E-state index in [1.165, 1.54) is 31.5 Å². The van der Waals surface area contributed by atoms with Gasteiger partial charge in [0.15, 0.2) is 25.5 Å². The molecule has 0 spiro atoms. The van der Waals surface area contributed by atoms with E-state index in [2.05, 4.69) is 247 Å². The number of hydrogen-bond donors (Lipinski definition) is 0. The van der Waals surface area contributed by atoms with E-state index in [4.69, 9.17) is 19.4 Å². The number of benzene rings is 10. The summed E-state index contributed by atoms with van der Waals surface area (Å²) in [5.74, 6) is 1.78. The van der Waals surface area contributed by atoms with Gasteiger partial charge in [0.2, 0.25) is 0 Å². The van der Waals surface area contributed by atoms with Gasteiger partial charge in [0.05, 0.1) is 16.7 Å². The second-order valence-corrected chi connectivity index (χ2v) is 21.3. The molecule has 0 saturated carbocycles. The van der Waals surface area contributed by atoms with Gasteiger partial charge in [-0.1, -0.05) is 224 Å². The topological polar surface area (TPSA) is 56.7 Å². The fraction of sp³-hybridized carbons (Fsp3) is 0. The number of furan rings is 1. The van der Waals surface area contributed by atoms with Crippen molar-refractivity contribution in [2.75, 3.05) is 0 Å². The normalized spacial score (nSPS) is 11.8. The molecular formula is C63H42N4OSi. The van der Waals surface area contributed by atoms with Crippen molar-refractivity contribution in [1.82, 2.24) is 19.5 Å². The van der Waals surface area contributed by atoms with Crippen LogP contribution in [0.3, 0.4) is 0 Å². The number of nitrogens with zero attached hydrogens (tertiary/aromatic N) is 4. The third-order valence-corrected chi connectivity index (χ3v) is 18.4. The molecule has 0 fully saturated rings. The molecule has 0 aliphatic heterocycles. The van der Waals surface area contributed by atoms with Crippen molar-refractivity contribution in [3.63, 3.8) is 0 Å². The Morgan fingerprint density at radius 3 is 1.43 bits per heavy atom. The lowest BCUT2D eigenvalue weighted by Crippen LogP contribution is -2.74. The summed E-state index contributed by atoms with van der Waals surface area (Å²) in [6.45, 7) is 0. The van der Waals surface area contributed by atoms with Gasteiger partial charge in [-0.25, -0.2) is 15.0 Å². The molecule has 69 heavy (non-hydrogen) atoms. The van der Waals surface area contributed by atoms with Gasteiger partial charge >= 0.3 is 0 Å². The average molecular weight is 899 g/mol. The summed E-state index contributed by atoms with van der Waals surface area (Å²) < 4.78 is 8.81. The number of hydrogen-bond acceptors (Lipinski definition) is 4. The Morgan fingerprint density at radius 1 is 0.319 bits per heavy atom. The monoisotopic (exact) mass is 898 g/mol. The maximum atomic E-state index is 6.46. The molecule has 324 valence electrons. The first-order valence-corrected chi connectivity index (χ1v) is 25.3. The highest BCUT2D eigenvalue weighted by molar-refractivity contribution is 7.19. The van der Waals surface area contributed by atoms with Gasteiger partial charge in [0.25, 0.3) is 0 Å². The lowest BCUT2D eigenvalue weighted by atomic mass is 10.0. The van der Waals surface area contributed by atoms with Crippen LogP contribution in [0.4, 0.5) is 0 Å². The van der Waals surface area contributed by atoms with E-state index in [1.807, 2.05) is 12.1 Å². The SMILES string of the molecule is c1ccc([Si](c2ccccc2)(c2ccccc2)c2cccc(-c3nc(-c4ccc(-c5cccc6c5oc5ccccc56)cc4)nc(-c4ccccc4-n4c5ccccc5c5ccccc54)n3)c2)cc1. The van der Waals surface area contributed by atoms with Crippen molar-refractivity contribution in [2.24, 2.45) is 0 Å². The summed E-state index contributed by atoms with van der Waals surface area (Å²) in [5.41, 5.74) is 9.76. The van der Waals surface area contributed by atoms with Gasteiger partial charge in [0.1, 0.15) is 11.2 Å². The van der Waals surface area contributed by atoms with Gasteiger partial charge in [0, 0.05) is 43.8 Å². The maximum absolute atomic E-state index is 6.46. The first-order chi connectivity index (χ1) is 34.2. The number of fused-ring (bicyclic) bond motifs is 6. The molecule has 10 aromatic carbocycles. The van der Waals surface area contributed by atoms with E-state index in [-0.39, 0.29) is 0 Å². The molecule has 0 aliphatic carbocycles. The van der Waals surface area contributed by atoms with Crippen molar-refractivity contribution < 1.29 is 4.42 Å². The number of aromatic nitrogens is 4. The van der Waals surface area contributed by atoms with Crippen LogP contribution in [0.5, 0.6) is 0 Å². The molecular weight excluding hydrogens is 857 g/mol. The molecule has 0 amide bonds. The molecule has 0 unspecified atom stereocenters. The van der Waals surface area contributed by atoms with Crippen LogP contribution >= 0.6 is 0 Å².